The van der Waals surface area contributed by atoms with Crippen LogP contribution in [-0.4, -0.2) is 34.7 Å². The van der Waals surface area contributed by atoms with E-state index >= 15 is 0 Å². The summed E-state index contributed by atoms with van der Waals surface area (Å²) >= 11 is 0. The fourth-order valence-electron chi connectivity index (χ4n) is 8.72. The first-order valence-electron chi connectivity index (χ1n) is 22.5. The van der Waals surface area contributed by atoms with Gasteiger partial charge < -0.3 is 47.1 Å². The van der Waals surface area contributed by atoms with Crippen LogP contribution in [0.2, 0.25) is 0 Å². The zero-order chi connectivity index (χ0) is 51.0. The van der Waals surface area contributed by atoms with Crippen LogP contribution >= 0.6 is 0 Å². The van der Waals surface area contributed by atoms with Crippen molar-refractivity contribution in [3.8, 4) is 45.0 Å². The molecule has 2 aliphatic heterocycles. The van der Waals surface area contributed by atoms with E-state index < -0.39 is 76.6 Å². The van der Waals surface area contributed by atoms with Crippen molar-refractivity contribution in [3.05, 3.63) is 182 Å². The van der Waals surface area contributed by atoms with E-state index in [9.17, 15) is 52.7 Å². The molecule has 415 valence electrons. The predicted molar refractivity (Wildman–Crippen MR) is 274 cm³/mol. The van der Waals surface area contributed by atoms with Gasteiger partial charge in [-0.25, -0.2) is 9.97 Å². The van der Waals surface area contributed by atoms with Crippen LogP contribution < -0.4 is 28.2 Å². The Balaban J connectivity index is 0.00000267. The molecule has 0 aliphatic carbocycles. The Hall–Kier alpha value is -7.12. The third-order valence-electron chi connectivity index (χ3n) is 11.9. The van der Waals surface area contributed by atoms with Crippen LogP contribution in [0.15, 0.2) is 122 Å². The third kappa shape index (κ3) is 15.1. The molecule has 0 amide bonds. The van der Waals surface area contributed by atoms with E-state index in [4.69, 9.17) is 19.9 Å². The maximum absolute atomic E-state index is 13.8. The van der Waals surface area contributed by atoms with Crippen LogP contribution in [0.4, 0.5) is 52.7 Å². The van der Waals surface area contributed by atoms with Crippen LogP contribution in [-0.2, 0) is 43.2 Å². The first-order valence-corrected chi connectivity index (χ1v) is 22.5. The zero-order valence-corrected chi connectivity index (χ0v) is 44.2. The van der Waals surface area contributed by atoms with Gasteiger partial charge in [-0.1, -0.05) is 24.3 Å². The van der Waals surface area contributed by atoms with Gasteiger partial charge >= 0.3 is 41.8 Å². The van der Waals surface area contributed by atoms with Crippen molar-refractivity contribution in [2.45, 2.75) is 76.6 Å². The van der Waals surface area contributed by atoms with Gasteiger partial charge in [0.1, 0.15) is 25.7 Å². The standard InChI is InChI=1S/C52H40F12N8.5CH3.Mn/c53-49(54,55)21-29-69-25-5-1-9-41(69)45-33-13-15-35(65-33)46(42-10-2-6-26-70(42)30-22-50(56,57)58)37-17-19-39(67-37)48(44-12-4-8-28-72(44)32-24-52(62,63)64)40-20-18-38(68-40)47(36-16-14-34(45)66-36)43-11-3-7-27-71(43)31-23-51(59,60)61;;;;;;/h1-20,25-28H,21-24,29-32H2;5*1H3;/q+2;5*-1;+2. The topological polar surface area (TPSA) is 69.5 Å². The smallest absolute Gasteiger partial charge is 0.656 e. The molecular formula is C57H55F12MnN8-. The molecule has 0 fully saturated rings. The van der Waals surface area contributed by atoms with Crippen LogP contribution in [0.3, 0.4) is 0 Å². The second-order valence-electron chi connectivity index (χ2n) is 16.9. The maximum Gasteiger partial charge on any atom is 2.00 e. The summed E-state index contributed by atoms with van der Waals surface area (Å²) in [5, 5.41) is 0. The molecular weight excluding hydrogens is 1080 g/mol. The van der Waals surface area contributed by atoms with Crippen LogP contribution in [0.25, 0.3) is 91.4 Å². The predicted octanol–water partition coefficient (Wildman–Crippen LogP) is 13.8. The molecule has 7 aromatic rings. The van der Waals surface area contributed by atoms with Crippen molar-refractivity contribution >= 4 is 46.4 Å². The van der Waals surface area contributed by atoms with Crippen LogP contribution in [0, 0.1) is 37.1 Å². The van der Waals surface area contributed by atoms with Gasteiger partial charge in [0, 0.05) is 48.5 Å². The summed E-state index contributed by atoms with van der Waals surface area (Å²) < 4.78 is 171. The number of aryl methyl sites for hydroxylation is 4. The maximum atomic E-state index is 13.8. The molecule has 21 heteroatoms. The van der Waals surface area contributed by atoms with Crippen molar-refractivity contribution in [2.24, 2.45) is 0 Å². The molecule has 9 rings (SSSR count). The minimum atomic E-state index is -4.54. The average Bonchev–Trinajstić information content (AvgIpc) is 4.18. The van der Waals surface area contributed by atoms with E-state index in [1.54, 1.807) is 121 Å². The summed E-state index contributed by atoms with van der Waals surface area (Å²) in [4.78, 5) is 20.2. The Bertz CT molecular complexity index is 2970. The number of aromatic nitrogens is 8. The zero-order valence-electron chi connectivity index (χ0n) is 43.0. The quantitative estimate of drug-likeness (QED) is 0.0529. The van der Waals surface area contributed by atoms with E-state index in [1.807, 2.05) is 0 Å². The first-order chi connectivity index (χ1) is 34.2. The summed E-state index contributed by atoms with van der Waals surface area (Å²) in [5.74, 6) is 0. The van der Waals surface area contributed by atoms with Crippen molar-refractivity contribution in [1.82, 2.24) is 19.9 Å². The number of rotatable bonds is 12. The Morgan fingerprint density at radius 3 is 0.718 bits per heavy atom. The molecule has 8 bridgehead atoms. The first kappa shape index (κ1) is 65.2. The van der Waals surface area contributed by atoms with Crippen molar-refractivity contribution < 1.29 is 88.0 Å². The van der Waals surface area contributed by atoms with Gasteiger partial charge in [0.05, 0.1) is 45.0 Å². The van der Waals surface area contributed by atoms with E-state index in [1.165, 1.54) is 43.1 Å². The number of alkyl halides is 12. The summed E-state index contributed by atoms with van der Waals surface area (Å²) in [7, 11) is 0. The van der Waals surface area contributed by atoms with E-state index in [-0.39, 0.29) is 144 Å². The number of hydrogen-bond acceptors (Lipinski definition) is 2. The molecule has 0 N–H and O–H groups in total. The third-order valence-corrected chi connectivity index (χ3v) is 11.9. The molecule has 0 unspecified atom stereocenters. The van der Waals surface area contributed by atoms with Crippen molar-refractivity contribution in [1.29, 1.82) is 0 Å². The van der Waals surface area contributed by atoms with Gasteiger partial charge in [-0.3, -0.25) is 0 Å². The largest absolute Gasteiger partial charge is 2.00 e. The molecule has 1 radical (unpaired) electrons. The van der Waals surface area contributed by atoms with Gasteiger partial charge in [0.2, 0.25) is 22.8 Å². The summed E-state index contributed by atoms with van der Waals surface area (Å²) in [6.45, 7) is -2.05. The molecule has 8 nitrogen and oxygen atoms in total. The normalized spacial score (nSPS) is 12.1. The molecule has 0 saturated carbocycles. The van der Waals surface area contributed by atoms with Gasteiger partial charge in [-0.15, -0.1) is 22.1 Å². The second kappa shape index (κ2) is 26.0. The average molecular weight is 1140 g/mol. The van der Waals surface area contributed by atoms with Crippen molar-refractivity contribution in [2.75, 3.05) is 0 Å². The second-order valence-corrected chi connectivity index (χ2v) is 16.9. The minimum Gasteiger partial charge on any atom is -0.656 e. The Morgan fingerprint density at radius 1 is 0.321 bits per heavy atom. The summed E-state index contributed by atoms with van der Waals surface area (Å²) in [6.07, 6.45) is -10.7. The molecule has 7 aromatic heterocycles. The fraction of sp³-hybridized carbons (Fsp3) is 0.211. The van der Waals surface area contributed by atoms with E-state index in [0.29, 0.717) is 0 Å². The van der Waals surface area contributed by atoms with Gasteiger partial charge in [-0.05, 0) is 48.6 Å². The fourth-order valence-corrected chi connectivity index (χ4v) is 8.72. The summed E-state index contributed by atoms with van der Waals surface area (Å²) in [5.41, 5.74) is 3.49. The number of halogens is 12. The monoisotopic (exact) mass is 1130 g/mol. The van der Waals surface area contributed by atoms with E-state index in [2.05, 4.69) is 0 Å². The number of fused-ring (bicyclic) bond motifs is 8. The van der Waals surface area contributed by atoms with Gasteiger partial charge in [0.15, 0.2) is 51.0 Å². The van der Waals surface area contributed by atoms with Gasteiger partial charge in [0.25, 0.3) is 0 Å². The Labute approximate surface area is 456 Å². The number of pyridine rings is 4. The molecule has 0 saturated heterocycles. The molecule has 0 spiro atoms. The Morgan fingerprint density at radius 2 is 0.526 bits per heavy atom. The van der Waals surface area contributed by atoms with Crippen LogP contribution in [0.1, 0.15) is 48.5 Å². The molecule has 0 atom stereocenters. The van der Waals surface area contributed by atoms with Gasteiger partial charge in [-0.2, -0.15) is 71.0 Å². The van der Waals surface area contributed by atoms with Crippen molar-refractivity contribution in [3.63, 3.8) is 0 Å². The molecule has 9 heterocycles. The van der Waals surface area contributed by atoms with E-state index in [0.717, 1.165) is 0 Å². The molecule has 78 heavy (non-hydrogen) atoms. The molecule has 0 aromatic carbocycles. The minimum absolute atomic E-state index is 0. The van der Waals surface area contributed by atoms with Crippen LogP contribution in [0.5, 0.6) is 0 Å². The molecule has 2 aliphatic rings. The number of hydrogen-bond donors (Lipinski definition) is 0. The summed E-state index contributed by atoms with van der Waals surface area (Å²) in [6, 6.07) is 25.4. The number of nitrogens with zero attached hydrogens (tertiary/aromatic N) is 8. The SMILES string of the molecule is FC(F)(F)CC[n+]1ccccc1-c1c2nc(c(-c3cccc[n+]3CCC(F)(F)F)c3ccc([n-]3)c(-c3cccc[n+]3CCC(F)(F)F)c3nc(c(-c4cccc[n+]4CCC(F)(F)F)c4ccc1[n-]4)C=C3)C=C2.[CH3-].[CH3-].[CH3-].[CH3-].[CH3-].[Mn+2]. The Kier molecular flexibility index (Phi) is 21.7.